The Bertz CT molecular complexity index is 1150. The fraction of sp³-hybridized carbons (Fsp3) is 0.350. The monoisotopic (exact) mass is 413 g/mol. The van der Waals surface area contributed by atoms with Gasteiger partial charge in [-0.25, -0.2) is 22.4 Å². The number of hydrazine groups is 1. The van der Waals surface area contributed by atoms with Gasteiger partial charge in [0.15, 0.2) is 11.5 Å². The number of hydrogen-bond donors (Lipinski definition) is 2. The smallest absolute Gasteiger partial charge is 0.269 e. The summed E-state index contributed by atoms with van der Waals surface area (Å²) in [6.07, 6.45) is 5.85. The Labute approximate surface area is 169 Å². The average molecular weight is 414 g/mol. The van der Waals surface area contributed by atoms with Gasteiger partial charge in [0.25, 0.3) is 10.0 Å². The summed E-state index contributed by atoms with van der Waals surface area (Å²) < 4.78 is 27.0. The molecule has 1 aliphatic carbocycles. The summed E-state index contributed by atoms with van der Waals surface area (Å²) in [5, 5.41) is 0. The van der Waals surface area contributed by atoms with E-state index < -0.39 is 10.0 Å². The van der Waals surface area contributed by atoms with Gasteiger partial charge in [-0.15, -0.1) is 0 Å². The van der Waals surface area contributed by atoms with Gasteiger partial charge in [0.05, 0.1) is 11.1 Å². The number of benzene rings is 1. The molecule has 1 saturated carbocycles. The van der Waals surface area contributed by atoms with Crippen molar-refractivity contribution in [2.45, 2.75) is 38.0 Å². The minimum absolute atomic E-state index is 0.0000686. The van der Waals surface area contributed by atoms with Crippen LogP contribution in [0.15, 0.2) is 47.6 Å². The van der Waals surface area contributed by atoms with Crippen LogP contribution in [0.4, 0.5) is 5.82 Å². The maximum Gasteiger partial charge on any atom is 0.269 e. The molecule has 0 spiro atoms. The molecule has 4 rings (SSSR count). The summed E-state index contributed by atoms with van der Waals surface area (Å²) >= 11 is 0. The standard InChI is InChI=1S/C20H23N5O3S/c1-13-6-8-15(9-7-13)29(27,28)25-11-10-17-19(25)21-12-18(22-17)23-24-20(26)16-5-3-4-14(16)2/h6-12,14,16H,3-5H2,1-2H3,(H,22,23)(H,24,26). The number of carbonyl (C=O) groups is 1. The van der Waals surface area contributed by atoms with Crippen molar-refractivity contribution < 1.29 is 13.2 Å². The lowest BCUT2D eigenvalue weighted by atomic mass is 9.98. The minimum atomic E-state index is -3.77. The van der Waals surface area contributed by atoms with Crippen LogP contribution in [0, 0.1) is 18.8 Å². The number of carbonyl (C=O) groups excluding carboxylic acids is 1. The largest absolute Gasteiger partial charge is 0.281 e. The third kappa shape index (κ3) is 3.69. The minimum Gasteiger partial charge on any atom is -0.281 e. The van der Waals surface area contributed by atoms with Crippen LogP contribution < -0.4 is 10.9 Å². The Balaban J connectivity index is 1.54. The van der Waals surface area contributed by atoms with Gasteiger partial charge in [0.1, 0.15) is 5.52 Å². The van der Waals surface area contributed by atoms with Crippen LogP contribution in [-0.4, -0.2) is 28.3 Å². The molecule has 2 N–H and O–H groups in total. The second kappa shape index (κ2) is 7.47. The van der Waals surface area contributed by atoms with Crippen molar-refractivity contribution >= 4 is 32.9 Å². The van der Waals surface area contributed by atoms with Crippen molar-refractivity contribution in [3.63, 3.8) is 0 Å². The van der Waals surface area contributed by atoms with Crippen molar-refractivity contribution in [2.24, 2.45) is 11.8 Å². The maximum absolute atomic E-state index is 12.9. The van der Waals surface area contributed by atoms with Gasteiger partial charge in [0, 0.05) is 12.1 Å². The van der Waals surface area contributed by atoms with Crippen molar-refractivity contribution in [1.29, 1.82) is 0 Å². The first-order valence-corrected chi connectivity index (χ1v) is 11.0. The number of rotatable bonds is 5. The Morgan fingerprint density at radius 1 is 1.17 bits per heavy atom. The van der Waals surface area contributed by atoms with Crippen LogP contribution in [0.2, 0.25) is 0 Å². The van der Waals surface area contributed by atoms with Gasteiger partial charge in [-0.3, -0.25) is 15.6 Å². The molecule has 0 radical (unpaired) electrons. The first-order valence-electron chi connectivity index (χ1n) is 9.58. The summed E-state index contributed by atoms with van der Waals surface area (Å²) in [6, 6.07) is 8.22. The molecule has 8 nitrogen and oxygen atoms in total. The van der Waals surface area contributed by atoms with E-state index in [0.29, 0.717) is 17.3 Å². The van der Waals surface area contributed by atoms with E-state index >= 15 is 0 Å². The molecular weight excluding hydrogens is 390 g/mol. The van der Waals surface area contributed by atoms with E-state index in [4.69, 9.17) is 0 Å². The molecule has 1 amide bonds. The van der Waals surface area contributed by atoms with Crippen LogP contribution >= 0.6 is 0 Å². The first-order chi connectivity index (χ1) is 13.9. The van der Waals surface area contributed by atoms with Crippen LogP contribution in [0.25, 0.3) is 11.2 Å². The highest BCUT2D eigenvalue weighted by Gasteiger charge is 2.29. The third-order valence-corrected chi connectivity index (χ3v) is 7.13. The number of nitrogens with zero attached hydrogens (tertiary/aromatic N) is 3. The molecule has 29 heavy (non-hydrogen) atoms. The molecule has 1 fully saturated rings. The highest BCUT2D eigenvalue weighted by atomic mass is 32.2. The number of fused-ring (bicyclic) bond motifs is 1. The van der Waals surface area contributed by atoms with E-state index in [2.05, 4.69) is 27.7 Å². The third-order valence-electron chi connectivity index (χ3n) is 5.45. The summed E-state index contributed by atoms with van der Waals surface area (Å²) in [6.45, 7) is 3.98. The molecule has 2 unspecified atom stereocenters. The quantitative estimate of drug-likeness (QED) is 0.623. The summed E-state index contributed by atoms with van der Waals surface area (Å²) in [5.41, 5.74) is 7.09. The van der Waals surface area contributed by atoms with Gasteiger partial charge in [0.2, 0.25) is 5.91 Å². The van der Waals surface area contributed by atoms with Gasteiger partial charge in [-0.05, 0) is 43.9 Å². The fourth-order valence-corrected chi connectivity index (χ4v) is 5.02. The molecule has 1 aromatic carbocycles. The van der Waals surface area contributed by atoms with Crippen LogP contribution in [0.3, 0.4) is 0 Å². The summed E-state index contributed by atoms with van der Waals surface area (Å²) in [7, 11) is -3.77. The molecule has 2 atom stereocenters. The topological polar surface area (TPSA) is 106 Å². The highest BCUT2D eigenvalue weighted by molar-refractivity contribution is 7.90. The molecule has 9 heteroatoms. The van der Waals surface area contributed by atoms with E-state index in [1.165, 1.54) is 12.4 Å². The SMILES string of the molecule is Cc1ccc(S(=O)(=O)n2ccc3nc(NNC(=O)C4CCCC4C)cnc32)cc1. The lowest BCUT2D eigenvalue weighted by Crippen LogP contribution is -2.36. The average Bonchev–Trinajstić information content (AvgIpc) is 3.32. The van der Waals surface area contributed by atoms with Gasteiger partial charge in [-0.2, -0.15) is 0 Å². The molecular formula is C20H23N5O3S. The lowest BCUT2D eigenvalue weighted by Gasteiger charge is -2.15. The Hall–Kier alpha value is -2.94. The zero-order valence-electron chi connectivity index (χ0n) is 16.3. The molecule has 1 aliphatic rings. The Morgan fingerprint density at radius 2 is 1.93 bits per heavy atom. The van der Waals surface area contributed by atoms with E-state index in [1.807, 2.05) is 6.92 Å². The van der Waals surface area contributed by atoms with Crippen molar-refractivity contribution in [2.75, 3.05) is 5.43 Å². The highest BCUT2D eigenvalue weighted by Crippen LogP contribution is 2.31. The second-order valence-corrected chi connectivity index (χ2v) is 9.34. The van der Waals surface area contributed by atoms with E-state index in [9.17, 15) is 13.2 Å². The molecule has 0 aliphatic heterocycles. The fourth-order valence-electron chi connectivity index (χ4n) is 3.72. The zero-order chi connectivity index (χ0) is 20.6. The van der Waals surface area contributed by atoms with E-state index in [0.717, 1.165) is 28.8 Å². The first kappa shape index (κ1) is 19.4. The number of nitrogens with one attached hydrogen (secondary N) is 2. The normalized spacial score (nSPS) is 19.4. The summed E-state index contributed by atoms with van der Waals surface area (Å²) in [5.74, 6) is 0.657. The molecule has 0 bridgehead atoms. The number of aryl methyl sites for hydroxylation is 1. The molecule has 3 aromatic rings. The predicted molar refractivity (Wildman–Crippen MR) is 110 cm³/mol. The predicted octanol–water partition coefficient (Wildman–Crippen LogP) is 2.86. The van der Waals surface area contributed by atoms with Crippen LogP contribution in [-0.2, 0) is 14.8 Å². The molecule has 0 saturated heterocycles. The summed E-state index contributed by atoms with van der Waals surface area (Å²) in [4.78, 5) is 21.1. The van der Waals surface area contributed by atoms with Crippen molar-refractivity contribution in [3.05, 3.63) is 48.3 Å². The molecule has 2 heterocycles. The van der Waals surface area contributed by atoms with Gasteiger partial charge >= 0.3 is 0 Å². The molecule has 152 valence electrons. The van der Waals surface area contributed by atoms with Gasteiger partial charge in [-0.1, -0.05) is 31.0 Å². The van der Waals surface area contributed by atoms with Gasteiger partial charge < -0.3 is 0 Å². The zero-order valence-corrected chi connectivity index (χ0v) is 17.1. The van der Waals surface area contributed by atoms with Crippen LogP contribution in [0.5, 0.6) is 0 Å². The lowest BCUT2D eigenvalue weighted by molar-refractivity contribution is -0.125. The van der Waals surface area contributed by atoms with E-state index in [-0.39, 0.29) is 22.4 Å². The maximum atomic E-state index is 12.9. The molecule has 2 aromatic heterocycles. The second-order valence-electron chi connectivity index (χ2n) is 7.52. The Morgan fingerprint density at radius 3 is 2.62 bits per heavy atom. The van der Waals surface area contributed by atoms with E-state index in [1.54, 1.807) is 30.3 Å². The van der Waals surface area contributed by atoms with Crippen LogP contribution in [0.1, 0.15) is 31.7 Å². The van der Waals surface area contributed by atoms with Crippen molar-refractivity contribution in [1.82, 2.24) is 19.4 Å². The number of anilines is 1. The number of hydrogen-bond acceptors (Lipinski definition) is 6. The number of aromatic nitrogens is 3. The Kier molecular flexibility index (Phi) is 4.99. The van der Waals surface area contributed by atoms with Crippen molar-refractivity contribution in [3.8, 4) is 0 Å². The number of amides is 1.